The summed E-state index contributed by atoms with van der Waals surface area (Å²) in [5.41, 5.74) is 1.79. The number of nitrogens with zero attached hydrogens (tertiary/aromatic N) is 1. The summed E-state index contributed by atoms with van der Waals surface area (Å²) in [5, 5.41) is 6.62. The minimum Gasteiger partial charge on any atom is -0.453 e. The van der Waals surface area contributed by atoms with Crippen LogP contribution in [-0.2, 0) is 9.53 Å². The molecular formula is C14H16N2O3. The molecular weight excluding hydrogens is 244 g/mol. The zero-order valence-electron chi connectivity index (χ0n) is 9.84. The first-order chi connectivity index (χ1) is 8.66. The summed E-state index contributed by atoms with van der Waals surface area (Å²) in [7, 11) is 0. The van der Waals surface area contributed by atoms with Gasteiger partial charge in [-0.3, -0.25) is 9.89 Å². The lowest BCUT2D eigenvalue weighted by Gasteiger charge is -1.98. The van der Waals surface area contributed by atoms with Gasteiger partial charge in [0.1, 0.15) is 12.3 Å². The van der Waals surface area contributed by atoms with Crippen molar-refractivity contribution in [3.8, 4) is 11.3 Å². The van der Waals surface area contributed by atoms with E-state index < -0.39 is 5.97 Å². The maximum atomic E-state index is 11.5. The zero-order chi connectivity index (χ0) is 13.0. The first-order valence-electron chi connectivity index (χ1n) is 5.44. The predicted molar refractivity (Wildman–Crippen MR) is 71.7 cm³/mol. The van der Waals surface area contributed by atoms with E-state index in [2.05, 4.69) is 10.2 Å². The van der Waals surface area contributed by atoms with Gasteiger partial charge in [0.2, 0.25) is 0 Å². The van der Waals surface area contributed by atoms with E-state index in [9.17, 15) is 9.59 Å². The third-order valence-electron chi connectivity index (χ3n) is 2.27. The van der Waals surface area contributed by atoms with Crippen molar-refractivity contribution in [2.24, 2.45) is 0 Å². The molecule has 0 fully saturated rings. The largest absolute Gasteiger partial charge is 0.453 e. The van der Waals surface area contributed by atoms with Gasteiger partial charge >= 0.3 is 5.97 Å². The fourth-order valence-electron chi connectivity index (χ4n) is 1.43. The van der Waals surface area contributed by atoms with Crippen LogP contribution in [-0.4, -0.2) is 28.6 Å². The number of rotatable bonds is 4. The van der Waals surface area contributed by atoms with E-state index in [0.29, 0.717) is 5.69 Å². The molecule has 0 amide bonds. The molecule has 0 atom stereocenters. The number of aromatic nitrogens is 2. The standard InChI is InChI=1S/C13H12N2O3.CH4/c1-9(16)8-18-13(17)12-7-11(14-15-12)10-5-3-2-4-6-10;/h2-7H,8H2,1H3,(H,14,15);1H4. The van der Waals surface area contributed by atoms with Crippen molar-refractivity contribution in [1.82, 2.24) is 10.2 Å². The average molecular weight is 260 g/mol. The van der Waals surface area contributed by atoms with Crippen LogP contribution in [0.25, 0.3) is 11.3 Å². The van der Waals surface area contributed by atoms with E-state index in [-0.39, 0.29) is 25.5 Å². The van der Waals surface area contributed by atoms with Gasteiger partial charge in [-0.05, 0) is 13.0 Å². The van der Waals surface area contributed by atoms with Gasteiger partial charge in [-0.25, -0.2) is 4.79 Å². The number of benzene rings is 1. The van der Waals surface area contributed by atoms with Gasteiger partial charge in [-0.1, -0.05) is 37.8 Å². The number of ether oxygens (including phenoxy) is 1. The van der Waals surface area contributed by atoms with Gasteiger partial charge in [-0.2, -0.15) is 5.10 Å². The Hall–Kier alpha value is -2.43. The molecule has 1 N–H and O–H groups in total. The van der Waals surface area contributed by atoms with Gasteiger partial charge in [0.05, 0.1) is 5.69 Å². The normalized spacial score (nSPS) is 9.53. The number of carbonyl (C=O) groups excluding carboxylic acids is 2. The Morgan fingerprint density at radius 3 is 2.58 bits per heavy atom. The minimum atomic E-state index is -0.583. The molecule has 0 saturated carbocycles. The number of esters is 1. The number of H-pyrrole nitrogens is 1. The van der Waals surface area contributed by atoms with Gasteiger partial charge in [-0.15, -0.1) is 0 Å². The second kappa shape index (κ2) is 6.49. The van der Waals surface area contributed by atoms with Crippen molar-refractivity contribution in [3.63, 3.8) is 0 Å². The summed E-state index contributed by atoms with van der Waals surface area (Å²) in [6.07, 6.45) is 0. The second-order valence-corrected chi connectivity index (χ2v) is 3.81. The van der Waals surface area contributed by atoms with Crippen molar-refractivity contribution in [3.05, 3.63) is 42.1 Å². The Morgan fingerprint density at radius 1 is 1.26 bits per heavy atom. The topological polar surface area (TPSA) is 72.1 Å². The Labute approximate surface area is 111 Å². The molecule has 0 aliphatic heterocycles. The number of hydrogen-bond acceptors (Lipinski definition) is 4. The lowest BCUT2D eigenvalue weighted by molar-refractivity contribution is -0.120. The monoisotopic (exact) mass is 260 g/mol. The molecule has 19 heavy (non-hydrogen) atoms. The smallest absolute Gasteiger partial charge is 0.356 e. The van der Waals surface area contributed by atoms with E-state index in [1.807, 2.05) is 30.3 Å². The van der Waals surface area contributed by atoms with E-state index in [0.717, 1.165) is 5.56 Å². The summed E-state index contributed by atoms with van der Waals surface area (Å²) in [5.74, 6) is -0.786. The van der Waals surface area contributed by atoms with Gasteiger partial charge in [0, 0.05) is 5.56 Å². The molecule has 0 saturated heterocycles. The number of Topliss-reactive ketones (excluding diaryl/α,β-unsaturated/α-hetero) is 1. The van der Waals surface area contributed by atoms with Crippen LogP contribution >= 0.6 is 0 Å². The number of hydrogen-bond donors (Lipinski definition) is 1. The Balaban J connectivity index is 0.00000180. The molecule has 1 aromatic carbocycles. The van der Waals surface area contributed by atoms with Crippen LogP contribution in [0, 0.1) is 0 Å². The molecule has 0 aliphatic rings. The van der Waals surface area contributed by atoms with Crippen LogP contribution in [0.15, 0.2) is 36.4 Å². The second-order valence-electron chi connectivity index (χ2n) is 3.81. The number of carbonyl (C=O) groups is 2. The highest BCUT2D eigenvalue weighted by molar-refractivity contribution is 5.90. The maximum absolute atomic E-state index is 11.5. The molecule has 2 rings (SSSR count). The Morgan fingerprint density at radius 2 is 1.95 bits per heavy atom. The van der Waals surface area contributed by atoms with Crippen molar-refractivity contribution in [2.75, 3.05) is 6.61 Å². The highest BCUT2D eigenvalue weighted by Crippen LogP contribution is 2.17. The van der Waals surface area contributed by atoms with E-state index >= 15 is 0 Å². The minimum absolute atomic E-state index is 0. The van der Waals surface area contributed by atoms with Crippen LogP contribution in [0.3, 0.4) is 0 Å². The molecule has 0 bridgehead atoms. The summed E-state index contributed by atoms with van der Waals surface area (Å²) in [6.45, 7) is 1.13. The Kier molecular flexibility index (Phi) is 5.00. The quantitative estimate of drug-likeness (QED) is 0.857. The van der Waals surface area contributed by atoms with Crippen molar-refractivity contribution < 1.29 is 14.3 Å². The molecule has 1 heterocycles. The summed E-state index contributed by atoms with van der Waals surface area (Å²) < 4.78 is 4.78. The molecule has 2 aromatic rings. The molecule has 1 aromatic heterocycles. The zero-order valence-corrected chi connectivity index (χ0v) is 9.84. The van der Waals surface area contributed by atoms with Crippen LogP contribution in [0.2, 0.25) is 0 Å². The molecule has 0 unspecified atom stereocenters. The van der Waals surface area contributed by atoms with Crippen LogP contribution < -0.4 is 0 Å². The van der Waals surface area contributed by atoms with Crippen LogP contribution in [0.4, 0.5) is 0 Å². The highest BCUT2D eigenvalue weighted by atomic mass is 16.5. The number of ketones is 1. The van der Waals surface area contributed by atoms with Crippen LogP contribution in [0.5, 0.6) is 0 Å². The van der Waals surface area contributed by atoms with Crippen molar-refractivity contribution in [1.29, 1.82) is 0 Å². The molecule has 5 nitrogen and oxygen atoms in total. The van der Waals surface area contributed by atoms with Gasteiger partial charge in [0.15, 0.2) is 5.78 Å². The molecule has 0 spiro atoms. The fourth-order valence-corrected chi connectivity index (χ4v) is 1.43. The number of nitrogens with one attached hydrogen (secondary N) is 1. The van der Waals surface area contributed by atoms with E-state index in [4.69, 9.17) is 4.74 Å². The molecule has 0 aliphatic carbocycles. The van der Waals surface area contributed by atoms with E-state index in [1.54, 1.807) is 6.07 Å². The molecule has 100 valence electrons. The van der Waals surface area contributed by atoms with Crippen molar-refractivity contribution in [2.45, 2.75) is 14.4 Å². The SMILES string of the molecule is C.CC(=O)COC(=O)c1cc(-c2ccccc2)n[nH]1. The van der Waals surface area contributed by atoms with E-state index in [1.165, 1.54) is 6.92 Å². The number of aromatic amines is 1. The maximum Gasteiger partial charge on any atom is 0.356 e. The first-order valence-corrected chi connectivity index (χ1v) is 5.44. The van der Waals surface area contributed by atoms with Crippen molar-refractivity contribution >= 4 is 11.8 Å². The summed E-state index contributed by atoms with van der Waals surface area (Å²) in [6, 6.07) is 11.0. The Bertz CT molecular complexity index is 561. The molecule has 5 heteroatoms. The fraction of sp³-hybridized carbons (Fsp3) is 0.214. The highest BCUT2D eigenvalue weighted by Gasteiger charge is 2.12. The molecule has 0 radical (unpaired) electrons. The summed E-state index contributed by atoms with van der Waals surface area (Å²) >= 11 is 0. The lowest BCUT2D eigenvalue weighted by atomic mass is 10.1. The predicted octanol–water partition coefficient (Wildman–Crippen LogP) is 2.46. The summed E-state index contributed by atoms with van der Waals surface area (Å²) in [4.78, 5) is 22.3. The van der Waals surface area contributed by atoms with Crippen LogP contribution in [0.1, 0.15) is 24.8 Å². The third kappa shape index (κ3) is 3.77. The average Bonchev–Trinajstić information content (AvgIpc) is 2.86. The first kappa shape index (κ1) is 14.6. The van der Waals surface area contributed by atoms with Gasteiger partial charge < -0.3 is 4.74 Å². The third-order valence-corrected chi connectivity index (χ3v) is 2.27. The van der Waals surface area contributed by atoms with Gasteiger partial charge in [0.25, 0.3) is 0 Å². The lowest BCUT2D eigenvalue weighted by Crippen LogP contribution is -2.11.